The van der Waals surface area contributed by atoms with E-state index in [2.05, 4.69) is 13.8 Å². The van der Waals surface area contributed by atoms with Gasteiger partial charge in [-0.1, -0.05) is 19.9 Å². The fraction of sp³-hybridized carbons (Fsp3) is 0.571. The molecule has 2 unspecified atom stereocenters. The minimum absolute atomic E-state index is 0.147. The predicted octanol–water partition coefficient (Wildman–Crippen LogP) is 2.59. The topological polar surface area (TPSA) is 29.3 Å². The number of anilines is 1. The summed E-state index contributed by atoms with van der Waals surface area (Å²) < 4.78 is 13.9. The summed E-state index contributed by atoms with van der Waals surface area (Å²) >= 11 is 0. The van der Waals surface area contributed by atoms with Crippen molar-refractivity contribution in [3.63, 3.8) is 0 Å². The summed E-state index contributed by atoms with van der Waals surface area (Å²) in [6, 6.07) is 5.55. The van der Waals surface area contributed by atoms with Gasteiger partial charge in [0.1, 0.15) is 5.82 Å². The second-order valence-corrected chi connectivity index (χ2v) is 5.75. The molecule has 3 heteroatoms. The van der Waals surface area contributed by atoms with E-state index in [-0.39, 0.29) is 11.2 Å². The molecule has 0 amide bonds. The Balaban J connectivity index is 2.28. The maximum atomic E-state index is 13.9. The summed E-state index contributed by atoms with van der Waals surface area (Å²) in [5.41, 5.74) is 7.67. The first kappa shape index (κ1) is 12.4. The lowest BCUT2D eigenvalue weighted by Crippen LogP contribution is -2.10. The summed E-state index contributed by atoms with van der Waals surface area (Å²) in [7, 11) is 3.70. The number of benzene rings is 1. The van der Waals surface area contributed by atoms with Gasteiger partial charge < -0.3 is 10.6 Å². The fourth-order valence-corrected chi connectivity index (χ4v) is 2.93. The zero-order chi connectivity index (χ0) is 12.8. The van der Waals surface area contributed by atoms with Crippen LogP contribution in [0.25, 0.3) is 0 Å². The van der Waals surface area contributed by atoms with Crippen molar-refractivity contribution in [1.29, 1.82) is 0 Å². The molecule has 0 aliphatic heterocycles. The third-order valence-corrected chi connectivity index (χ3v) is 4.12. The molecule has 2 N–H and O–H groups in total. The molecular formula is C14H21FN2. The highest BCUT2D eigenvalue weighted by Crippen LogP contribution is 2.63. The maximum Gasteiger partial charge on any atom is 0.146 e. The third kappa shape index (κ3) is 1.93. The number of rotatable bonds is 3. The Labute approximate surface area is 103 Å². The number of nitrogens with zero attached hydrogens (tertiary/aromatic N) is 1. The van der Waals surface area contributed by atoms with E-state index in [9.17, 15) is 4.39 Å². The Kier molecular flexibility index (Phi) is 2.90. The number of nitrogens with two attached hydrogens (primary N) is 1. The molecule has 1 aliphatic carbocycles. The lowest BCUT2D eigenvalue weighted by atomic mass is 10.0. The Morgan fingerprint density at radius 1 is 1.35 bits per heavy atom. The van der Waals surface area contributed by atoms with Gasteiger partial charge >= 0.3 is 0 Å². The Hall–Kier alpha value is -1.09. The first-order valence-corrected chi connectivity index (χ1v) is 6.06. The average molecular weight is 236 g/mol. The van der Waals surface area contributed by atoms with Crippen LogP contribution in [-0.4, -0.2) is 20.6 Å². The first-order chi connectivity index (χ1) is 7.89. The van der Waals surface area contributed by atoms with E-state index in [1.54, 1.807) is 11.0 Å². The molecule has 0 radical (unpaired) electrons. The van der Waals surface area contributed by atoms with E-state index in [1.165, 1.54) is 0 Å². The van der Waals surface area contributed by atoms with Gasteiger partial charge in [0.2, 0.25) is 0 Å². The molecule has 2 atom stereocenters. The van der Waals surface area contributed by atoms with E-state index in [0.29, 0.717) is 24.1 Å². The van der Waals surface area contributed by atoms with Crippen LogP contribution in [-0.2, 0) is 0 Å². The van der Waals surface area contributed by atoms with Gasteiger partial charge in [0.15, 0.2) is 0 Å². The lowest BCUT2D eigenvalue weighted by molar-refractivity contribution is 0.558. The van der Waals surface area contributed by atoms with Gasteiger partial charge in [-0.2, -0.15) is 0 Å². The van der Waals surface area contributed by atoms with Gasteiger partial charge in [-0.3, -0.25) is 0 Å². The molecule has 1 aromatic rings. The summed E-state index contributed by atoms with van der Waals surface area (Å²) in [4.78, 5) is 1.79. The molecular weight excluding hydrogens is 215 g/mol. The van der Waals surface area contributed by atoms with Crippen molar-refractivity contribution in [3.05, 3.63) is 29.6 Å². The van der Waals surface area contributed by atoms with Gasteiger partial charge in [-0.05, 0) is 41.5 Å². The summed E-state index contributed by atoms with van der Waals surface area (Å²) in [6.45, 7) is 5.08. The molecule has 0 bridgehead atoms. The highest BCUT2D eigenvalue weighted by Gasteiger charge is 2.57. The lowest BCUT2D eigenvalue weighted by Gasteiger charge is -2.14. The molecule has 1 aliphatic rings. The van der Waals surface area contributed by atoms with Gasteiger partial charge in [-0.25, -0.2) is 4.39 Å². The smallest absolute Gasteiger partial charge is 0.146 e. The Morgan fingerprint density at radius 3 is 2.41 bits per heavy atom. The number of halogens is 1. The van der Waals surface area contributed by atoms with Crippen LogP contribution in [0.1, 0.15) is 25.3 Å². The zero-order valence-corrected chi connectivity index (χ0v) is 11.0. The number of hydrogen-bond donors (Lipinski definition) is 1. The fourth-order valence-electron chi connectivity index (χ4n) is 2.93. The van der Waals surface area contributed by atoms with Crippen molar-refractivity contribution in [2.45, 2.75) is 19.8 Å². The van der Waals surface area contributed by atoms with E-state index in [0.717, 1.165) is 5.56 Å². The summed E-state index contributed by atoms with van der Waals surface area (Å²) in [6.07, 6.45) is 0. The summed E-state index contributed by atoms with van der Waals surface area (Å²) in [5, 5.41) is 0. The van der Waals surface area contributed by atoms with Crippen LogP contribution in [0.3, 0.4) is 0 Å². The molecule has 2 rings (SSSR count). The molecule has 0 heterocycles. The Bertz CT molecular complexity index is 426. The van der Waals surface area contributed by atoms with Crippen LogP contribution in [0.4, 0.5) is 10.1 Å². The van der Waals surface area contributed by atoms with Crippen LogP contribution >= 0.6 is 0 Å². The maximum absolute atomic E-state index is 13.9. The average Bonchev–Trinajstić information content (AvgIpc) is 2.79. The molecule has 2 nitrogen and oxygen atoms in total. The van der Waals surface area contributed by atoms with Crippen molar-refractivity contribution in [1.82, 2.24) is 0 Å². The van der Waals surface area contributed by atoms with Crippen molar-refractivity contribution >= 4 is 5.69 Å². The van der Waals surface area contributed by atoms with Gasteiger partial charge in [0.05, 0.1) is 5.69 Å². The normalized spacial score (nSPS) is 25.8. The first-order valence-electron chi connectivity index (χ1n) is 6.06. The van der Waals surface area contributed by atoms with Gasteiger partial charge in [0, 0.05) is 14.1 Å². The third-order valence-electron chi connectivity index (χ3n) is 4.12. The molecule has 1 aromatic carbocycles. The van der Waals surface area contributed by atoms with Gasteiger partial charge in [-0.15, -0.1) is 0 Å². The highest BCUT2D eigenvalue weighted by molar-refractivity contribution is 5.49. The van der Waals surface area contributed by atoms with Crippen molar-refractivity contribution in [2.24, 2.45) is 17.1 Å². The monoisotopic (exact) mass is 236 g/mol. The van der Waals surface area contributed by atoms with E-state index >= 15 is 0 Å². The zero-order valence-electron chi connectivity index (χ0n) is 11.0. The minimum Gasteiger partial charge on any atom is -0.375 e. The van der Waals surface area contributed by atoms with E-state index in [4.69, 9.17) is 5.73 Å². The van der Waals surface area contributed by atoms with Crippen LogP contribution in [0.2, 0.25) is 0 Å². The van der Waals surface area contributed by atoms with Crippen LogP contribution in [0.5, 0.6) is 0 Å². The Morgan fingerprint density at radius 2 is 2.00 bits per heavy atom. The standard InChI is InChI=1S/C14H21FN2/c1-14(2)10(8-16)13(14)9-5-6-12(17(3)4)11(15)7-9/h5-7,10,13H,8,16H2,1-4H3. The molecule has 1 saturated carbocycles. The van der Waals surface area contributed by atoms with E-state index in [1.807, 2.05) is 26.2 Å². The molecule has 17 heavy (non-hydrogen) atoms. The van der Waals surface area contributed by atoms with Crippen LogP contribution in [0.15, 0.2) is 18.2 Å². The van der Waals surface area contributed by atoms with Crippen LogP contribution in [0, 0.1) is 17.2 Å². The molecule has 0 spiro atoms. The minimum atomic E-state index is -0.147. The highest BCUT2D eigenvalue weighted by atomic mass is 19.1. The summed E-state index contributed by atoms with van der Waals surface area (Å²) in [5.74, 6) is 0.733. The van der Waals surface area contributed by atoms with E-state index < -0.39 is 0 Å². The quantitative estimate of drug-likeness (QED) is 0.874. The van der Waals surface area contributed by atoms with Crippen molar-refractivity contribution in [3.8, 4) is 0 Å². The predicted molar refractivity (Wildman–Crippen MR) is 69.8 cm³/mol. The molecule has 1 fully saturated rings. The van der Waals surface area contributed by atoms with Crippen LogP contribution < -0.4 is 10.6 Å². The second kappa shape index (κ2) is 3.98. The SMILES string of the molecule is CN(C)c1ccc(C2C(CN)C2(C)C)cc1F. The molecule has 0 saturated heterocycles. The van der Waals surface area contributed by atoms with Gasteiger partial charge in [0.25, 0.3) is 0 Å². The number of hydrogen-bond acceptors (Lipinski definition) is 2. The molecule has 0 aromatic heterocycles. The second-order valence-electron chi connectivity index (χ2n) is 5.75. The molecule has 94 valence electrons. The largest absolute Gasteiger partial charge is 0.375 e. The van der Waals surface area contributed by atoms with Crippen molar-refractivity contribution < 1.29 is 4.39 Å². The van der Waals surface area contributed by atoms with Crippen molar-refractivity contribution in [2.75, 3.05) is 25.5 Å².